The third kappa shape index (κ3) is 3.98. The number of nitrogens with zero attached hydrogens (tertiary/aromatic N) is 4. The van der Waals surface area contributed by atoms with Gasteiger partial charge in [0.15, 0.2) is 0 Å². The lowest BCUT2D eigenvalue weighted by atomic mass is 10.2. The number of nitrogens with one attached hydrogen (secondary N) is 1. The van der Waals surface area contributed by atoms with Crippen LogP contribution >= 0.6 is 0 Å². The lowest BCUT2D eigenvalue weighted by molar-refractivity contribution is -0.129. The highest BCUT2D eigenvalue weighted by atomic mass is 19.1. The summed E-state index contributed by atoms with van der Waals surface area (Å²) in [4.78, 5) is 24.1. The molecule has 3 rings (SSSR count). The van der Waals surface area contributed by atoms with Crippen molar-refractivity contribution < 1.29 is 9.18 Å². The highest BCUT2D eigenvalue weighted by molar-refractivity contribution is 5.73. The molecule has 7 heteroatoms. The summed E-state index contributed by atoms with van der Waals surface area (Å²) < 4.78 is 12.9. The van der Waals surface area contributed by atoms with Crippen molar-refractivity contribution in [3.8, 4) is 0 Å². The summed E-state index contributed by atoms with van der Waals surface area (Å²) in [5.41, 5.74) is 0.959. The molecule has 1 aliphatic rings. The Kier molecular flexibility index (Phi) is 4.88. The van der Waals surface area contributed by atoms with E-state index in [9.17, 15) is 9.18 Å². The maximum absolute atomic E-state index is 12.9. The van der Waals surface area contributed by atoms with E-state index in [1.54, 1.807) is 25.3 Å². The van der Waals surface area contributed by atoms with Crippen molar-refractivity contribution in [3.63, 3.8) is 0 Å². The monoisotopic (exact) mass is 329 g/mol. The highest BCUT2D eigenvalue weighted by Gasteiger charge is 2.19. The van der Waals surface area contributed by atoms with Gasteiger partial charge in [-0.05, 0) is 23.8 Å². The molecule has 0 atom stereocenters. The van der Waals surface area contributed by atoms with Crippen LogP contribution in [0.4, 0.5) is 16.2 Å². The van der Waals surface area contributed by atoms with Crippen LogP contribution < -0.4 is 10.2 Å². The molecule has 1 aromatic heterocycles. The smallest absolute Gasteiger partial charge is 0.224 e. The molecule has 1 fully saturated rings. The Labute approximate surface area is 140 Å². The molecule has 1 N–H and O–H groups in total. The molecule has 0 saturated carbocycles. The summed E-state index contributed by atoms with van der Waals surface area (Å²) in [5.74, 6) is 1.24. The Morgan fingerprint density at radius 1 is 1.17 bits per heavy atom. The molecule has 0 unspecified atom stereocenters. The van der Waals surface area contributed by atoms with E-state index in [1.807, 2.05) is 11.0 Å². The Balaban J connectivity index is 1.60. The fourth-order valence-electron chi connectivity index (χ4n) is 2.64. The number of piperazine rings is 1. The third-order valence-electron chi connectivity index (χ3n) is 4.05. The minimum Gasteiger partial charge on any atom is -0.353 e. The standard InChI is InChI=1S/C17H20FN5O/c1-13(24)22-8-10-23(11-9-22)16-6-7-19-17(21-16)20-12-14-2-4-15(18)5-3-14/h2-7H,8-12H2,1H3,(H,19,20,21). The van der Waals surface area contributed by atoms with E-state index in [-0.39, 0.29) is 11.7 Å². The molecule has 0 aliphatic carbocycles. The SMILES string of the molecule is CC(=O)N1CCN(c2ccnc(NCc3ccc(F)cc3)n2)CC1. The first-order chi connectivity index (χ1) is 11.6. The third-order valence-corrected chi connectivity index (χ3v) is 4.05. The largest absolute Gasteiger partial charge is 0.353 e. The topological polar surface area (TPSA) is 61.4 Å². The van der Waals surface area contributed by atoms with E-state index >= 15 is 0 Å². The molecule has 0 radical (unpaired) electrons. The number of halogens is 1. The first kappa shape index (κ1) is 16.2. The zero-order chi connectivity index (χ0) is 16.9. The van der Waals surface area contributed by atoms with Crippen molar-refractivity contribution in [2.75, 3.05) is 36.4 Å². The fraction of sp³-hybridized carbons (Fsp3) is 0.353. The molecule has 1 aliphatic heterocycles. The van der Waals surface area contributed by atoms with Crippen molar-refractivity contribution >= 4 is 17.7 Å². The molecule has 0 spiro atoms. The number of amides is 1. The number of aromatic nitrogens is 2. The molecule has 1 saturated heterocycles. The Morgan fingerprint density at radius 2 is 1.88 bits per heavy atom. The molecule has 2 heterocycles. The van der Waals surface area contributed by atoms with Crippen LogP contribution in [0, 0.1) is 5.82 Å². The lowest BCUT2D eigenvalue weighted by Crippen LogP contribution is -2.48. The number of carbonyl (C=O) groups excluding carboxylic acids is 1. The van der Waals surface area contributed by atoms with Gasteiger partial charge in [0.25, 0.3) is 0 Å². The van der Waals surface area contributed by atoms with E-state index in [0.717, 1.165) is 24.5 Å². The van der Waals surface area contributed by atoms with Gasteiger partial charge in [-0.15, -0.1) is 0 Å². The predicted molar refractivity (Wildman–Crippen MR) is 90.2 cm³/mol. The van der Waals surface area contributed by atoms with Crippen LogP contribution in [0.1, 0.15) is 12.5 Å². The minimum absolute atomic E-state index is 0.110. The molecule has 126 valence electrons. The van der Waals surface area contributed by atoms with E-state index in [1.165, 1.54) is 12.1 Å². The second kappa shape index (κ2) is 7.25. The van der Waals surface area contributed by atoms with Gasteiger partial charge in [0.05, 0.1) is 0 Å². The van der Waals surface area contributed by atoms with Gasteiger partial charge in [-0.25, -0.2) is 9.37 Å². The first-order valence-corrected chi connectivity index (χ1v) is 7.93. The molecule has 0 bridgehead atoms. The maximum atomic E-state index is 12.9. The minimum atomic E-state index is -0.248. The number of hydrogen-bond donors (Lipinski definition) is 1. The average Bonchev–Trinajstić information content (AvgIpc) is 2.61. The van der Waals surface area contributed by atoms with Gasteiger partial charge in [0, 0.05) is 45.8 Å². The zero-order valence-corrected chi connectivity index (χ0v) is 13.6. The van der Waals surface area contributed by atoms with E-state index in [4.69, 9.17) is 0 Å². The quantitative estimate of drug-likeness (QED) is 0.928. The lowest BCUT2D eigenvalue weighted by Gasteiger charge is -2.34. The normalized spacial score (nSPS) is 14.6. The predicted octanol–water partition coefficient (Wildman–Crippen LogP) is 1.90. The van der Waals surface area contributed by atoms with Gasteiger partial charge in [-0.1, -0.05) is 12.1 Å². The maximum Gasteiger partial charge on any atom is 0.224 e. The van der Waals surface area contributed by atoms with Gasteiger partial charge in [0.2, 0.25) is 11.9 Å². The summed E-state index contributed by atoms with van der Waals surface area (Å²) in [6.07, 6.45) is 1.71. The summed E-state index contributed by atoms with van der Waals surface area (Å²) >= 11 is 0. The van der Waals surface area contributed by atoms with Crippen LogP contribution in [0.15, 0.2) is 36.5 Å². The van der Waals surface area contributed by atoms with Crippen molar-refractivity contribution in [2.24, 2.45) is 0 Å². The molecule has 6 nitrogen and oxygen atoms in total. The molecule has 2 aromatic rings. The van der Waals surface area contributed by atoms with E-state index in [2.05, 4.69) is 20.2 Å². The number of rotatable bonds is 4. The van der Waals surface area contributed by atoms with Crippen LogP contribution in [-0.4, -0.2) is 47.0 Å². The van der Waals surface area contributed by atoms with Gasteiger partial charge in [-0.2, -0.15) is 4.98 Å². The zero-order valence-electron chi connectivity index (χ0n) is 13.6. The fourth-order valence-corrected chi connectivity index (χ4v) is 2.64. The number of anilines is 2. The van der Waals surface area contributed by atoms with E-state index in [0.29, 0.717) is 25.6 Å². The van der Waals surface area contributed by atoms with Crippen LogP contribution in [0.5, 0.6) is 0 Å². The van der Waals surface area contributed by atoms with Crippen molar-refractivity contribution in [2.45, 2.75) is 13.5 Å². The van der Waals surface area contributed by atoms with Gasteiger partial charge < -0.3 is 15.1 Å². The molecular weight excluding hydrogens is 309 g/mol. The van der Waals surface area contributed by atoms with Crippen molar-refractivity contribution in [1.82, 2.24) is 14.9 Å². The molecular formula is C17H20FN5O. The molecule has 24 heavy (non-hydrogen) atoms. The van der Waals surface area contributed by atoms with Crippen molar-refractivity contribution in [1.29, 1.82) is 0 Å². The van der Waals surface area contributed by atoms with Crippen molar-refractivity contribution in [3.05, 3.63) is 47.9 Å². The van der Waals surface area contributed by atoms with Crippen LogP contribution in [0.25, 0.3) is 0 Å². The van der Waals surface area contributed by atoms with Crippen LogP contribution in [0.3, 0.4) is 0 Å². The molecule has 1 aromatic carbocycles. The van der Waals surface area contributed by atoms with Crippen LogP contribution in [-0.2, 0) is 11.3 Å². The summed E-state index contributed by atoms with van der Waals surface area (Å²) in [5, 5.41) is 3.15. The Morgan fingerprint density at radius 3 is 2.54 bits per heavy atom. The number of hydrogen-bond acceptors (Lipinski definition) is 5. The van der Waals surface area contributed by atoms with Crippen LogP contribution in [0.2, 0.25) is 0 Å². The van der Waals surface area contributed by atoms with Gasteiger partial charge in [0.1, 0.15) is 11.6 Å². The first-order valence-electron chi connectivity index (χ1n) is 7.93. The Bertz CT molecular complexity index is 698. The average molecular weight is 329 g/mol. The molecule has 1 amide bonds. The summed E-state index contributed by atoms with van der Waals surface area (Å²) in [7, 11) is 0. The van der Waals surface area contributed by atoms with Gasteiger partial charge in [-0.3, -0.25) is 4.79 Å². The highest BCUT2D eigenvalue weighted by Crippen LogP contribution is 2.15. The second-order valence-electron chi connectivity index (χ2n) is 5.71. The summed E-state index contributed by atoms with van der Waals surface area (Å²) in [6.45, 7) is 5.05. The van der Waals surface area contributed by atoms with E-state index < -0.39 is 0 Å². The Hall–Kier alpha value is -2.70. The second-order valence-corrected chi connectivity index (χ2v) is 5.71. The number of carbonyl (C=O) groups is 1. The number of benzene rings is 1. The summed E-state index contributed by atoms with van der Waals surface area (Å²) in [6, 6.07) is 8.19. The van der Waals surface area contributed by atoms with Gasteiger partial charge >= 0.3 is 0 Å².